The summed E-state index contributed by atoms with van der Waals surface area (Å²) >= 11 is 0. The zero-order valence-corrected chi connectivity index (χ0v) is 34.6. The zero-order chi connectivity index (χ0) is 41.9. The number of carbonyl (C=O) groups is 2. The van der Waals surface area contributed by atoms with E-state index in [0.29, 0.717) is 51.5 Å². The average molecular weight is 795 g/mol. The molecular weight excluding hydrogens is 737 g/mol. The summed E-state index contributed by atoms with van der Waals surface area (Å²) in [5.41, 5.74) is 11.3. The first-order valence-corrected chi connectivity index (χ1v) is 19.7. The van der Waals surface area contributed by atoms with Crippen molar-refractivity contribution in [3.63, 3.8) is 0 Å². The van der Waals surface area contributed by atoms with Crippen LogP contribution in [0.5, 0.6) is 0 Å². The summed E-state index contributed by atoms with van der Waals surface area (Å²) in [4.78, 5) is 43.6. The lowest BCUT2D eigenvalue weighted by molar-refractivity contribution is -0.384. The van der Waals surface area contributed by atoms with Crippen molar-refractivity contribution in [3.8, 4) is 0 Å². The molecule has 4 N–H and O–H groups in total. The molecule has 2 aliphatic heterocycles. The van der Waals surface area contributed by atoms with Crippen molar-refractivity contribution in [2.24, 2.45) is 0 Å². The smallest absolute Gasteiger partial charge is 0.410 e. The van der Waals surface area contributed by atoms with Gasteiger partial charge in [-0.15, -0.1) is 0 Å². The van der Waals surface area contributed by atoms with Crippen molar-refractivity contribution in [1.82, 2.24) is 19.6 Å². The second kappa shape index (κ2) is 19.5. The summed E-state index contributed by atoms with van der Waals surface area (Å²) in [6, 6.07) is 30.8. The second-order valence-electron chi connectivity index (χ2n) is 16.5. The minimum Gasteiger partial charge on any atom is -0.444 e. The van der Waals surface area contributed by atoms with E-state index in [4.69, 9.17) is 15.2 Å². The minimum atomic E-state index is -0.511. The van der Waals surface area contributed by atoms with Gasteiger partial charge in [-0.1, -0.05) is 48.5 Å². The Morgan fingerprint density at radius 2 is 1.02 bits per heavy atom. The SMILES string of the molecule is CC(C)(C)OC(=O)N1CCN(Cc2ccc(Nc3ccccc3)c(N)c2)CC1.CC(C)(C)OC(=O)N1CCN(Cc2ccc(Nc3ccccc3)c([N+](=O)[O-])c2)CC1. The highest BCUT2D eigenvalue weighted by atomic mass is 16.6. The zero-order valence-electron chi connectivity index (χ0n) is 34.6. The first-order chi connectivity index (χ1) is 27.5. The molecular formula is C44H58N8O6. The van der Waals surface area contributed by atoms with Crippen molar-refractivity contribution in [2.45, 2.75) is 65.8 Å². The molecule has 58 heavy (non-hydrogen) atoms. The van der Waals surface area contributed by atoms with Gasteiger partial charge < -0.3 is 35.6 Å². The Morgan fingerprint density at radius 3 is 1.41 bits per heavy atom. The third-order valence-electron chi connectivity index (χ3n) is 9.34. The van der Waals surface area contributed by atoms with Gasteiger partial charge in [0.05, 0.1) is 16.3 Å². The fourth-order valence-electron chi connectivity index (χ4n) is 6.46. The maximum Gasteiger partial charge on any atom is 0.410 e. The van der Waals surface area contributed by atoms with Crippen LogP contribution in [0, 0.1) is 10.1 Å². The molecule has 310 valence electrons. The van der Waals surface area contributed by atoms with Crippen molar-refractivity contribution in [1.29, 1.82) is 0 Å². The minimum absolute atomic E-state index is 0.0451. The number of piperazine rings is 2. The molecule has 0 atom stereocenters. The fraction of sp³-hybridized carbons (Fsp3) is 0.409. The number of hydrogen-bond acceptors (Lipinski definition) is 11. The number of para-hydroxylation sites is 2. The Bertz CT molecular complexity index is 1970. The van der Waals surface area contributed by atoms with Crippen molar-refractivity contribution < 1.29 is 24.0 Å². The largest absolute Gasteiger partial charge is 0.444 e. The maximum absolute atomic E-state index is 12.2. The van der Waals surface area contributed by atoms with Gasteiger partial charge in [0.25, 0.3) is 5.69 Å². The van der Waals surface area contributed by atoms with E-state index < -0.39 is 11.2 Å². The highest BCUT2D eigenvalue weighted by Gasteiger charge is 2.27. The van der Waals surface area contributed by atoms with Crippen LogP contribution in [0.1, 0.15) is 52.7 Å². The summed E-state index contributed by atoms with van der Waals surface area (Å²) in [5, 5.41) is 18.0. The third kappa shape index (κ3) is 13.7. The molecule has 0 aliphatic carbocycles. The molecule has 14 heteroatoms. The standard InChI is InChI=1S/C22H28N4O4.C22H30N4O2/c1-22(2,3)30-21(27)25-13-11-24(12-14-25)16-17-9-10-19(20(15-17)26(28)29)23-18-7-5-4-6-8-18;1-22(2,3)28-21(27)26-13-11-25(12-14-26)16-17-9-10-20(19(23)15-17)24-18-7-5-4-6-8-18/h4-10,15,23H,11-14,16H2,1-3H3;4-10,15,24H,11-14,16,23H2,1-3H3. The maximum atomic E-state index is 12.2. The number of carbonyl (C=O) groups excluding carboxylic acids is 2. The number of nitro benzene ring substituents is 1. The predicted octanol–water partition coefficient (Wildman–Crippen LogP) is 8.46. The first kappa shape index (κ1) is 43.3. The fourth-order valence-corrected chi connectivity index (χ4v) is 6.46. The van der Waals surface area contributed by atoms with Gasteiger partial charge in [0, 0.05) is 82.9 Å². The summed E-state index contributed by atoms with van der Waals surface area (Å²) in [5.74, 6) is 0. The molecule has 2 heterocycles. The van der Waals surface area contributed by atoms with Gasteiger partial charge in [0.1, 0.15) is 16.9 Å². The van der Waals surface area contributed by atoms with Gasteiger partial charge in [0.15, 0.2) is 0 Å². The number of benzene rings is 4. The van der Waals surface area contributed by atoms with E-state index in [1.165, 1.54) is 5.56 Å². The van der Waals surface area contributed by atoms with Crippen molar-refractivity contribution >= 4 is 46.3 Å². The average Bonchev–Trinajstić information content (AvgIpc) is 3.17. The lowest BCUT2D eigenvalue weighted by atomic mass is 10.1. The molecule has 14 nitrogen and oxygen atoms in total. The van der Waals surface area contributed by atoms with Crippen LogP contribution >= 0.6 is 0 Å². The number of nitrogen functional groups attached to an aromatic ring is 1. The summed E-state index contributed by atoms with van der Waals surface area (Å²) in [7, 11) is 0. The van der Waals surface area contributed by atoms with Crippen LogP contribution in [0.3, 0.4) is 0 Å². The molecule has 0 unspecified atom stereocenters. The number of rotatable bonds is 9. The van der Waals surface area contributed by atoms with Crippen LogP contribution in [0.4, 0.5) is 43.7 Å². The number of amides is 2. The number of nitro groups is 1. The number of ether oxygens (including phenoxy) is 2. The van der Waals surface area contributed by atoms with Gasteiger partial charge >= 0.3 is 12.2 Å². The second-order valence-corrected chi connectivity index (χ2v) is 16.5. The molecule has 0 aromatic heterocycles. The van der Waals surface area contributed by atoms with E-state index in [9.17, 15) is 19.7 Å². The van der Waals surface area contributed by atoms with Crippen LogP contribution in [-0.2, 0) is 22.6 Å². The molecule has 4 aromatic rings. The van der Waals surface area contributed by atoms with Crippen LogP contribution in [0.15, 0.2) is 97.1 Å². The lowest BCUT2D eigenvalue weighted by Gasteiger charge is -2.35. The summed E-state index contributed by atoms with van der Waals surface area (Å²) < 4.78 is 10.9. The van der Waals surface area contributed by atoms with E-state index in [2.05, 4.69) is 26.5 Å². The van der Waals surface area contributed by atoms with Crippen LogP contribution in [0.2, 0.25) is 0 Å². The van der Waals surface area contributed by atoms with Crippen LogP contribution in [-0.4, -0.2) is 100 Å². The molecule has 4 aromatic carbocycles. The Labute approximate surface area is 342 Å². The number of hydrogen-bond donors (Lipinski definition) is 3. The van der Waals surface area contributed by atoms with E-state index in [0.717, 1.165) is 47.9 Å². The van der Waals surface area contributed by atoms with Gasteiger partial charge in [-0.05, 0) is 95.1 Å². The monoisotopic (exact) mass is 794 g/mol. The normalized spacial score (nSPS) is 15.1. The Kier molecular flexibility index (Phi) is 14.6. The molecule has 0 spiro atoms. The van der Waals surface area contributed by atoms with E-state index in [1.807, 2.05) is 120 Å². The van der Waals surface area contributed by atoms with Gasteiger partial charge in [0.2, 0.25) is 0 Å². The van der Waals surface area contributed by atoms with Gasteiger partial charge in [-0.2, -0.15) is 0 Å². The highest BCUT2D eigenvalue weighted by Crippen LogP contribution is 2.30. The molecule has 2 saturated heterocycles. The Hall–Kier alpha value is -5.86. The molecule has 2 amide bonds. The molecule has 0 bridgehead atoms. The molecule has 2 fully saturated rings. The van der Waals surface area contributed by atoms with E-state index in [-0.39, 0.29) is 22.8 Å². The molecule has 0 saturated carbocycles. The number of anilines is 5. The van der Waals surface area contributed by atoms with E-state index in [1.54, 1.807) is 21.9 Å². The molecule has 6 rings (SSSR count). The Balaban J connectivity index is 0.000000221. The van der Waals surface area contributed by atoms with Crippen molar-refractivity contribution in [3.05, 3.63) is 118 Å². The van der Waals surface area contributed by atoms with Crippen LogP contribution < -0.4 is 16.4 Å². The highest BCUT2D eigenvalue weighted by molar-refractivity contribution is 5.73. The number of nitrogens with one attached hydrogen (secondary N) is 2. The lowest BCUT2D eigenvalue weighted by Crippen LogP contribution is -2.49. The van der Waals surface area contributed by atoms with Crippen molar-refractivity contribution in [2.75, 3.05) is 68.7 Å². The quantitative estimate of drug-likeness (QED) is 0.0848. The topological polar surface area (TPSA) is 159 Å². The number of nitrogens with two attached hydrogens (primary N) is 1. The summed E-state index contributed by atoms with van der Waals surface area (Å²) in [6.07, 6.45) is -0.526. The third-order valence-corrected chi connectivity index (χ3v) is 9.34. The van der Waals surface area contributed by atoms with Crippen LogP contribution in [0.25, 0.3) is 0 Å². The number of nitrogens with zero attached hydrogens (tertiary/aromatic N) is 5. The predicted molar refractivity (Wildman–Crippen MR) is 230 cm³/mol. The molecule has 2 aliphatic rings. The van der Waals surface area contributed by atoms with E-state index >= 15 is 0 Å². The first-order valence-electron chi connectivity index (χ1n) is 19.7. The Morgan fingerprint density at radius 1 is 0.621 bits per heavy atom. The van der Waals surface area contributed by atoms with Gasteiger partial charge in [-0.25, -0.2) is 9.59 Å². The molecule has 0 radical (unpaired) electrons. The van der Waals surface area contributed by atoms with Gasteiger partial charge in [-0.3, -0.25) is 19.9 Å². The summed E-state index contributed by atoms with van der Waals surface area (Å²) in [6.45, 7) is 18.2.